The molecule has 4 aliphatic rings. The van der Waals surface area contributed by atoms with E-state index in [1.165, 1.54) is 36.8 Å². The zero-order valence-corrected chi connectivity index (χ0v) is 28.9. The maximum Gasteiger partial charge on any atom is 0.306 e. The molecule has 0 aromatic heterocycles. The third-order valence-electron chi connectivity index (χ3n) is 11.2. The molecule has 4 aliphatic heterocycles. The van der Waals surface area contributed by atoms with E-state index in [0.29, 0.717) is 43.4 Å². The molecule has 0 amide bonds. The SMILES string of the molecule is C[N+]1(Cc2ccccc2)C2CCC1CC(OC(=O)CCCC(=O)OC1CC3CCC(C1)[N+]3(C)Cc1ccccc1)C2.[Br-].[Br-]. The number of carbonyl (C=O) groups excluding carboxylic acids is 2. The van der Waals surface area contributed by atoms with E-state index in [-0.39, 0.29) is 58.1 Å². The Morgan fingerprint density at radius 1 is 0.605 bits per heavy atom. The van der Waals surface area contributed by atoms with Crippen molar-refractivity contribution >= 4 is 11.9 Å². The highest BCUT2D eigenvalue weighted by molar-refractivity contribution is 5.72. The zero-order chi connectivity index (χ0) is 28.5. The number of piperidine rings is 2. The number of rotatable bonds is 10. The molecule has 2 aromatic rings. The van der Waals surface area contributed by atoms with Crippen molar-refractivity contribution in [3.05, 3.63) is 71.8 Å². The van der Waals surface area contributed by atoms with E-state index in [0.717, 1.165) is 47.7 Å². The average Bonchev–Trinajstić information content (AvgIpc) is 3.20. The van der Waals surface area contributed by atoms with Crippen molar-refractivity contribution in [2.45, 2.75) is 120 Å². The molecule has 4 atom stereocenters. The minimum absolute atomic E-state index is 0. The summed E-state index contributed by atoms with van der Waals surface area (Å²) >= 11 is 0. The van der Waals surface area contributed by atoms with Gasteiger partial charge < -0.3 is 52.4 Å². The van der Waals surface area contributed by atoms with Gasteiger partial charge in [-0.15, -0.1) is 0 Å². The lowest BCUT2D eigenvalue weighted by atomic mass is 9.95. The van der Waals surface area contributed by atoms with Crippen LogP contribution in [0.3, 0.4) is 0 Å². The largest absolute Gasteiger partial charge is 1.00 e. The van der Waals surface area contributed by atoms with Crippen LogP contribution < -0.4 is 34.0 Å². The maximum atomic E-state index is 12.7. The predicted molar refractivity (Wildman–Crippen MR) is 158 cm³/mol. The van der Waals surface area contributed by atoms with Crippen LogP contribution in [0.1, 0.15) is 81.8 Å². The monoisotopic (exact) mass is 718 g/mol. The molecule has 8 heteroatoms. The molecule has 0 saturated carbocycles. The van der Waals surface area contributed by atoms with E-state index in [1.807, 2.05) is 0 Å². The van der Waals surface area contributed by atoms with Gasteiger partial charge in [-0.3, -0.25) is 9.59 Å². The van der Waals surface area contributed by atoms with Crippen molar-refractivity contribution in [2.75, 3.05) is 14.1 Å². The molecule has 4 fully saturated rings. The van der Waals surface area contributed by atoms with Gasteiger partial charge in [0.2, 0.25) is 0 Å². The van der Waals surface area contributed by atoms with Crippen LogP contribution in [0.4, 0.5) is 0 Å². The minimum Gasteiger partial charge on any atom is -1.00 e. The summed E-state index contributed by atoms with van der Waals surface area (Å²) in [5.74, 6) is -0.322. The molecule has 4 bridgehead atoms. The quantitative estimate of drug-likeness (QED) is 0.255. The first-order valence-electron chi connectivity index (χ1n) is 16.0. The van der Waals surface area contributed by atoms with E-state index in [1.54, 1.807) is 0 Å². The number of halogens is 2. The van der Waals surface area contributed by atoms with Crippen LogP contribution in [0.2, 0.25) is 0 Å². The van der Waals surface area contributed by atoms with E-state index < -0.39 is 0 Å². The first-order valence-corrected chi connectivity index (χ1v) is 16.0. The molecule has 2 aromatic carbocycles. The zero-order valence-electron chi connectivity index (χ0n) is 25.7. The standard InChI is InChI=1S/C35H48N2O4.2BrH/c1-36(24-26-10-5-3-6-11-26)28-16-17-29(36)21-32(20-28)40-34(38)14-9-15-35(39)41-33-22-30-18-19-31(23-33)37(30,2)25-27-12-7-4-8-13-27;;/h3-8,10-13,28-33H,9,14-25H2,1-2H3;2*1H/q+2;;/p-2. The second-order valence-electron chi connectivity index (χ2n) is 13.8. The number of hydrogen-bond donors (Lipinski definition) is 0. The second kappa shape index (κ2) is 14.6. The van der Waals surface area contributed by atoms with Gasteiger partial charge in [0.25, 0.3) is 0 Å². The number of esters is 2. The summed E-state index contributed by atoms with van der Waals surface area (Å²) in [5, 5.41) is 0. The third-order valence-corrected chi connectivity index (χ3v) is 11.2. The van der Waals surface area contributed by atoms with Crippen molar-refractivity contribution in [1.29, 1.82) is 0 Å². The van der Waals surface area contributed by atoms with Crippen molar-refractivity contribution in [1.82, 2.24) is 0 Å². The maximum absolute atomic E-state index is 12.7. The number of quaternary nitrogens is 2. The number of hydrogen-bond acceptors (Lipinski definition) is 4. The number of ether oxygens (including phenoxy) is 2. The van der Waals surface area contributed by atoms with Gasteiger partial charge in [-0.25, -0.2) is 0 Å². The second-order valence-corrected chi connectivity index (χ2v) is 13.8. The summed E-state index contributed by atoms with van der Waals surface area (Å²) in [4.78, 5) is 25.4. The van der Waals surface area contributed by atoms with Gasteiger partial charge in [0.05, 0.1) is 38.3 Å². The smallest absolute Gasteiger partial charge is 0.306 e. The molecule has 0 spiro atoms. The van der Waals surface area contributed by atoms with Crippen LogP contribution in [-0.2, 0) is 32.2 Å². The fourth-order valence-corrected chi connectivity index (χ4v) is 8.92. The summed E-state index contributed by atoms with van der Waals surface area (Å²) in [6.07, 6.45) is 9.71. The van der Waals surface area contributed by atoms with Gasteiger partial charge in [-0.05, 0) is 6.42 Å². The van der Waals surface area contributed by atoms with Crippen LogP contribution in [0.25, 0.3) is 0 Å². The van der Waals surface area contributed by atoms with Gasteiger partial charge in [0.1, 0.15) is 25.3 Å². The molecule has 43 heavy (non-hydrogen) atoms. The van der Waals surface area contributed by atoms with Crippen molar-refractivity contribution in [3.8, 4) is 0 Å². The number of fused-ring (bicyclic) bond motifs is 4. The van der Waals surface area contributed by atoms with Gasteiger partial charge in [0.15, 0.2) is 0 Å². The summed E-state index contributed by atoms with van der Waals surface area (Å²) in [6, 6.07) is 23.7. The van der Waals surface area contributed by atoms with Gasteiger partial charge in [-0.1, -0.05) is 60.7 Å². The Morgan fingerprint density at radius 3 is 1.26 bits per heavy atom. The first-order chi connectivity index (χ1) is 19.8. The fourth-order valence-electron chi connectivity index (χ4n) is 8.92. The summed E-state index contributed by atoms with van der Waals surface area (Å²) in [6.45, 7) is 2.10. The van der Waals surface area contributed by atoms with Crippen LogP contribution >= 0.6 is 0 Å². The Labute approximate surface area is 278 Å². The van der Waals surface area contributed by atoms with Crippen LogP contribution in [0.5, 0.6) is 0 Å². The first kappa shape index (κ1) is 34.1. The van der Waals surface area contributed by atoms with E-state index in [4.69, 9.17) is 9.47 Å². The molecular weight excluding hydrogens is 672 g/mol. The molecule has 6 nitrogen and oxygen atoms in total. The van der Waals surface area contributed by atoms with Crippen LogP contribution in [0.15, 0.2) is 60.7 Å². The molecule has 0 N–H and O–H groups in total. The summed E-state index contributed by atoms with van der Waals surface area (Å²) < 4.78 is 14.0. The number of carbonyl (C=O) groups is 2. The number of nitrogens with zero attached hydrogens (tertiary/aromatic N) is 2. The Morgan fingerprint density at radius 2 is 0.930 bits per heavy atom. The molecule has 4 saturated heterocycles. The Hall–Kier alpha value is -1.74. The summed E-state index contributed by atoms with van der Waals surface area (Å²) in [7, 11) is 4.78. The van der Waals surface area contributed by atoms with Crippen molar-refractivity contribution in [3.63, 3.8) is 0 Å². The lowest BCUT2D eigenvalue weighted by Gasteiger charge is -2.47. The normalized spacial score (nSPS) is 34.0. The average molecular weight is 721 g/mol. The molecule has 0 radical (unpaired) electrons. The van der Waals surface area contributed by atoms with Crippen molar-refractivity contribution < 1.29 is 62.0 Å². The third kappa shape index (κ3) is 7.57. The van der Waals surface area contributed by atoms with Gasteiger partial charge in [0, 0.05) is 75.3 Å². The Bertz CT molecular complexity index is 1090. The highest BCUT2D eigenvalue weighted by atomic mass is 79.9. The Kier molecular flexibility index (Phi) is 11.6. The van der Waals surface area contributed by atoms with Crippen LogP contribution in [-0.4, -0.2) is 71.4 Å². The molecular formula is C35H48Br2N2O4. The fraction of sp³-hybridized carbons (Fsp3) is 0.600. The highest BCUT2D eigenvalue weighted by Crippen LogP contribution is 2.44. The molecule has 4 heterocycles. The molecule has 4 unspecified atom stereocenters. The molecule has 236 valence electrons. The molecule has 0 aliphatic carbocycles. The van der Waals surface area contributed by atoms with Gasteiger partial charge in [-0.2, -0.15) is 0 Å². The van der Waals surface area contributed by atoms with E-state index in [2.05, 4.69) is 74.8 Å². The predicted octanol–water partition coefficient (Wildman–Crippen LogP) is -0.0685. The lowest BCUT2D eigenvalue weighted by molar-refractivity contribution is -0.961. The van der Waals surface area contributed by atoms with E-state index >= 15 is 0 Å². The number of benzene rings is 2. The van der Waals surface area contributed by atoms with E-state index in [9.17, 15) is 9.59 Å². The topological polar surface area (TPSA) is 52.6 Å². The molecule has 6 rings (SSSR count). The van der Waals surface area contributed by atoms with Crippen molar-refractivity contribution in [2.24, 2.45) is 0 Å². The lowest BCUT2D eigenvalue weighted by Crippen LogP contribution is -3.00. The Balaban J connectivity index is 0.00000212. The summed E-state index contributed by atoms with van der Waals surface area (Å²) in [5.41, 5.74) is 2.77. The van der Waals surface area contributed by atoms with Gasteiger partial charge >= 0.3 is 11.9 Å². The van der Waals surface area contributed by atoms with Crippen LogP contribution in [0, 0.1) is 0 Å². The minimum atomic E-state index is -0.161. The highest BCUT2D eigenvalue weighted by Gasteiger charge is 2.53.